The van der Waals surface area contributed by atoms with Crippen LogP contribution >= 0.6 is 0 Å². The van der Waals surface area contributed by atoms with Crippen molar-refractivity contribution in [3.8, 4) is 0 Å². The van der Waals surface area contributed by atoms with Crippen LogP contribution in [0.4, 0.5) is 5.69 Å². The first-order chi connectivity index (χ1) is 9.95. The lowest BCUT2D eigenvalue weighted by atomic mass is 9.93. The molecule has 0 radical (unpaired) electrons. The molecular formula is C12H14N2O6S2. The summed E-state index contributed by atoms with van der Waals surface area (Å²) >= 11 is 0. The minimum Gasteiger partial charge on any atom is -0.399 e. The molecule has 0 amide bonds. The molecule has 0 saturated carbocycles. The third-order valence-corrected chi connectivity index (χ3v) is 5.66. The molecule has 120 valence electrons. The quantitative estimate of drug-likeness (QED) is 0.344. The molecule has 0 heterocycles. The molecule has 0 fully saturated rings. The standard InChI is InChI=1S/C12H14N2O6S2/c13-10-3-1-8(2-4-10)9-5-6-12(14,22(18,19)20)11(7-9)21(15,16)17/h1-7,9H,13-14H2,(H,15,16,17)(H,18,19,20). The van der Waals surface area contributed by atoms with E-state index in [0.717, 1.165) is 12.2 Å². The van der Waals surface area contributed by atoms with Gasteiger partial charge in [-0.25, -0.2) is 0 Å². The lowest BCUT2D eigenvalue weighted by Gasteiger charge is -2.28. The molecule has 22 heavy (non-hydrogen) atoms. The first-order valence-electron chi connectivity index (χ1n) is 5.95. The normalized spacial score (nSPS) is 25.8. The summed E-state index contributed by atoms with van der Waals surface area (Å²) in [6, 6.07) is 6.38. The van der Waals surface area contributed by atoms with E-state index in [1.165, 1.54) is 6.08 Å². The van der Waals surface area contributed by atoms with Gasteiger partial charge in [0.15, 0.2) is 0 Å². The molecule has 2 atom stereocenters. The van der Waals surface area contributed by atoms with Crippen molar-refractivity contribution in [1.82, 2.24) is 0 Å². The van der Waals surface area contributed by atoms with E-state index in [9.17, 15) is 25.9 Å². The van der Waals surface area contributed by atoms with Crippen LogP contribution < -0.4 is 11.5 Å². The molecule has 2 rings (SSSR count). The molecule has 6 N–H and O–H groups in total. The zero-order valence-corrected chi connectivity index (χ0v) is 12.8. The Kier molecular flexibility index (Phi) is 3.92. The van der Waals surface area contributed by atoms with Crippen molar-refractivity contribution >= 4 is 25.9 Å². The number of nitrogens with two attached hydrogens (primary N) is 2. The zero-order valence-electron chi connectivity index (χ0n) is 11.1. The summed E-state index contributed by atoms with van der Waals surface area (Å²) in [4.78, 5) is -3.74. The second-order valence-corrected chi connectivity index (χ2v) is 7.84. The summed E-state index contributed by atoms with van der Waals surface area (Å²) in [6.07, 6.45) is 3.11. The number of hydrogen-bond acceptors (Lipinski definition) is 6. The number of benzene rings is 1. The molecule has 0 aliphatic heterocycles. The summed E-state index contributed by atoms with van der Waals surface area (Å²) in [5, 5.41) is 0. The predicted molar refractivity (Wildman–Crippen MR) is 80.8 cm³/mol. The van der Waals surface area contributed by atoms with Crippen molar-refractivity contribution in [3.05, 3.63) is 53.0 Å². The van der Waals surface area contributed by atoms with E-state index < -0.39 is 35.9 Å². The van der Waals surface area contributed by atoms with E-state index >= 15 is 0 Å². The molecule has 0 bridgehead atoms. The highest BCUT2D eigenvalue weighted by Crippen LogP contribution is 2.35. The molecule has 2 unspecified atom stereocenters. The van der Waals surface area contributed by atoms with Gasteiger partial charge in [0.25, 0.3) is 20.2 Å². The third kappa shape index (κ3) is 2.91. The Morgan fingerprint density at radius 1 is 1.05 bits per heavy atom. The third-order valence-electron chi connectivity index (χ3n) is 3.29. The van der Waals surface area contributed by atoms with Gasteiger partial charge in [-0.2, -0.15) is 16.8 Å². The number of anilines is 1. The maximum absolute atomic E-state index is 11.5. The summed E-state index contributed by atoms with van der Waals surface area (Å²) in [5.41, 5.74) is 12.1. The van der Waals surface area contributed by atoms with Gasteiger partial charge < -0.3 is 11.5 Å². The molecule has 0 spiro atoms. The highest BCUT2D eigenvalue weighted by Gasteiger charge is 2.48. The number of nitrogen functional groups attached to an aromatic ring is 1. The van der Waals surface area contributed by atoms with Gasteiger partial charge in [-0.05, 0) is 23.8 Å². The SMILES string of the molecule is Nc1ccc(C2C=CC(N)(S(=O)(=O)O)C(S(=O)(=O)O)=C2)cc1. The highest BCUT2D eigenvalue weighted by molar-refractivity contribution is 7.93. The summed E-state index contributed by atoms with van der Waals surface area (Å²) in [7, 11) is -9.95. The van der Waals surface area contributed by atoms with Gasteiger partial charge in [0.2, 0.25) is 4.87 Å². The summed E-state index contributed by atoms with van der Waals surface area (Å²) < 4.78 is 64.1. The van der Waals surface area contributed by atoms with Gasteiger partial charge in [-0.1, -0.05) is 24.3 Å². The van der Waals surface area contributed by atoms with Gasteiger partial charge in [0.05, 0.1) is 0 Å². The fraction of sp³-hybridized carbons (Fsp3) is 0.167. The van der Waals surface area contributed by atoms with Crippen molar-refractivity contribution in [2.24, 2.45) is 5.73 Å². The van der Waals surface area contributed by atoms with E-state index in [1.807, 2.05) is 0 Å². The van der Waals surface area contributed by atoms with Crippen LogP contribution in [0.3, 0.4) is 0 Å². The van der Waals surface area contributed by atoms with Gasteiger partial charge >= 0.3 is 0 Å². The largest absolute Gasteiger partial charge is 0.399 e. The molecule has 1 aromatic rings. The van der Waals surface area contributed by atoms with Crippen LogP contribution in [0, 0.1) is 0 Å². The number of rotatable bonds is 3. The van der Waals surface area contributed by atoms with Crippen LogP contribution in [0.1, 0.15) is 11.5 Å². The Morgan fingerprint density at radius 3 is 2.05 bits per heavy atom. The van der Waals surface area contributed by atoms with Crippen molar-refractivity contribution < 1.29 is 25.9 Å². The minimum atomic E-state index is -5.01. The smallest absolute Gasteiger partial charge is 0.293 e. The highest BCUT2D eigenvalue weighted by atomic mass is 32.2. The van der Waals surface area contributed by atoms with Crippen molar-refractivity contribution in [1.29, 1.82) is 0 Å². The lowest BCUT2D eigenvalue weighted by molar-refractivity contribution is 0.451. The number of allylic oxidation sites excluding steroid dienone is 2. The van der Waals surface area contributed by atoms with Gasteiger partial charge in [-0.3, -0.25) is 9.11 Å². The Balaban J connectivity index is 2.60. The van der Waals surface area contributed by atoms with E-state index in [1.54, 1.807) is 24.3 Å². The maximum atomic E-state index is 11.5. The van der Waals surface area contributed by atoms with Crippen molar-refractivity contribution in [3.63, 3.8) is 0 Å². The van der Waals surface area contributed by atoms with Crippen molar-refractivity contribution in [2.45, 2.75) is 10.8 Å². The molecule has 1 aliphatic rings. The summed E-state index contributed by atoms with van der Waals surface area (Å²) in [6.45, 7) is 0. The Bertz CT molecular complexity index is 855. The molecule has 1 aromatic carbocycles. The van der Waals surface area contributed by atoms with Crippen LogP contribution in [-0.4, -0.2) is 30.8 Å². The van der Waals surface area contributed by atoms with Crippen LogP contribution in [0.25, 0.3) is 0 Å². The Hall–Kier alpha value is -1.72. The minimum absolute atomic E-state index is 0.494. The molecule has 1 aliphatic carbocycles. The van der Waals surface area contributed by atoms with E-state index in [-0.39, 0.29) is 0 Å². The second kappa shape index (κ2) is 5.18. The lowest BCUT2D eigenvalue weighted by Crippen LogP contribution is -2.50. The Labute approximate surface area is 127 Å². The van der Waals surface area contributed by atoms with E-state index in [2.05, 4.69) is 0 Å². The monoisotopic (exact) mass is 346 g/mol. The second-order valence-electron chi connectivity index (χ2n) is 4.83. The molecule has 0 saturated heterocycles. The molecule has 0 aromatic heterocycles. The van der Waals surface area contributed by atoms with Crippen LogP contribution in [0.5, 0.6) is 0 Å². The average Bonchev–Trinajstić information content (AvgIpc) is 2.38. The molecule has 10 heteroatoms. The predicted octanol–water partition coefficient (Wildman–Crippen LogP) is 0.237. The van der Waals surface area contributed by atoms with Crippen molar-refractivity contribution in [2.75, 3.05) is 5.73 Å². The van der Waals surface area contributed by atoms with Gasteiger partial charge in [0.1, 0.15) is 4.91 Å². The van der Waals surface area contributed by atoms with Crippen LogP contribution in [0.2, 0.25) is 0 Å². The van der Waals surface area contributed by atoms with Crippen LogP contribution in [-0.2, 0) is 20.2 Å². The van der Waals surface area contributed by atoms with E-state index in [4.69, 9.17) is 11.5 Å². The molecule has 8 nitrogen and oxygen atoms in total. The fourth-order valence-electron chi connectivity index (χ4n) is 2.10. The first kappa shape index (κ1) is 16.6. The number of hydrogen-bond donors (Lipinski definition) is 4. The average molecular weight is 346 g/mol. The van der Waals surface area contributed by atoms with Gasteiger partial charge in [0, 0.05) is 11.6 Å². The van der Waals surface area contributed by atoms with Gasteiger partial charge in [-0.15, -0.1) is 0 Å². The Morgan fingerprint density at radius 2 is 1.59 bits per heavy atom. The molecular weight excluding hydrogens is 332 g/mol. The fourth-order valence-corrected chi connectivity index (χ4v) is 4.10. The zero-order chi connectivity index (χ0) is 16.8. The topological polar surface area (TPSA) is 161 Å². The first-order valence-corrected chi connectivity index (χ1v) is 8.83. The summed E-state index contributed by atoms with van der Waals surface area (Å²) in [5.74, 6) is -0.657. The maximum Gasteiger partial charge on any atom is 0.293 e. The van der Waals surface area contributed by atoms with Crippen LogP contribution in [0.15, 0.2) is 47.4 Å². The van der Waals surface area contributed by atoms with E-state index in [0.29, 0.717) is 11.3 Å².